The molecule has 2 N–H and O–H groups in total. The molecule has 184 valence electrons. The predicted octanol–water partition coefficient (Wildman–Crippen LogP) is 4.40. The largest absolute Gasteiger partial charge is 0.375 e. The lowest BCUT2D eigenvalue weighted by molar-refractivity contribution is 0.0315. The SMILES string of the molecule is Cc1cc(Nc2nc(C(F)(F)c3ccc(F)cc3)nn3cc(COCCN4CCCC4)cc23)n[nH]1. The van der Waals surface area contributed by atoms with Crippen molar-refractivity contribution in [2.75, 3.05) is 31.6 Å². The minimum Gasteiger partial charge on any atom is -0.375 e. The third kappa shape index (κ3) is 5.15. The molecule has 0 saturated carbocycles. The standard InChI is InChI=1S/C24H26F3N7O/c1-16-12-21(31-30-16)28-22-20-13-17(15-35-11-10-33-8-2-3-9-33)14-34(20)32-23(29-22)24(26,27)18-4-6-19(25)7-5-18/h4-7,12-14H,2-3,8-11,15H2,1H3,(H2,28,29,30,31,32). The molecule has 0 spiro atoms. The fraction of sp³-hybridized carbons (Fsp3) is 0.375. The molecule has 0 atom stereocenters. The van der Waals surface area contributed by atoms with Crippen molar-refractivity contribution in [3.05, 3.63) is 71.1 Å². The number of H-pyrrole nitrogens is 1. The van der Waals surface area contributed by atoms with Gasteiger partial charge in [0.15, 0.2) is 11.6 Å². The zero-order valence-corrected chi connectivity index (χ0v) is 19.3. The third-order valence-corrected chi connectivity index (χ3v) is 5.98. The summed E-state index contributed by atoms with van der Waals surface area (Å²) >= 11 is 0. The van der Waals surface area contributed by atoms with Crippen LogP contribution in [0.3, 0.4) is 0 Å². The van der Waals surface area contributed by atoms with E-state index in [0.717, 1.165) is 55.2 Å². The molecule has 1 fully saturated rings. The fourth-order valence-electron chi connectivity index (χ4n) is 4.14. The van der Waals surface area contributed by atoms with E-state index in [2.05, 4.69) is 30.5 Å². The van der Waals surface area contributed by atoms with E-state index in [1.54, 1.807) is 18.3 Å². The normalized spacial score (nSPS) is 14.7. The molecular formula is C24H26F3N7O. The number of nitrogens with zero attached hydrogens (tertiary/aromatic N) is 5. The molecule has 0 bridgehead atoms. The topological polar surface area (TPSA) is 83.4 Å². The van der Waals surface area contributed by atoms with E-state index in [9.17, 15) is 4.39 Å². The molecule has 3 aromatic heterocycles. The summed E-state index contributed by atoms with van der Waals surface area (Å²) in [7, 11) is 0. The molecule has 0 amide bonds. The lowest BCUT2D eigenvalue weighted by Crippen LogP contribution is -2.23. The predicted molar refractivity (Wildman–Crippen MR) is 124 cm³/mol. The third-order valence-electron chi connectivity index (χ3n) is 5.98. The van der Waals surface area contributed by atoms with Crippen LogP contribution in [0.2, 0.25) is 0 Å². The van der Waals surface area contributed by atoms with E-state index >= 15 is 8.78 Å². The number of anilines is 2. The summed E-state index contributed by atoms with van der Waals surface area (Å²) in [4.78, 5) is 6.51. The van der Waals surface area contributed by atoms with Gasteiger partial charge in [0.1, 0.15) is 11.3 Å². The molecule has 4 heterocycles. The van der Waals surface area contributed by atoms with Gasteiger partial charge < -0.3 is 15.0 Å². The first-order chi connectivity index (χ1) is 16.9. The molecule has 11 heteroatoms. The Hall–Kier alpha value is -3.44. The number of ether oxygens (including phenoxy) is 1. The zero-order valence-electron chi connectivity index (χ0n) is 19.3. The molecule has 1 aliphatic heterocycles. The van der Waals surface area contributed by atoms with Gasteiger partial charge in [-0.25, -0.2) is 13.9 Å². The first-order valence-electron chi connectivity index (χ1n) is 11.5. The Labute approximate surface area is 200 Å². The summed E-state index contributed by atoms with van der Waals surface area (Å²) in [6.45, 7) is 5.80. The second-order valence-corrected chi connectivity index (χ2v) is 8.71. The number of nitrogens with one attached hydrogen (secondary N) is 2. The maximum Gasteiger partial charge on any atom is 0.333 e. The van der Waals surface area contributed by atoms with Crippen molar-refractivity contribution < 1.29 is 17.9 Å². The van der Waals surface area contributed by atoms with E-state index in [1.165, 1.54) is 17.4 Å². The number of fused-ring (bicyclic) bond motifs is 1. The summed E-state index contributed by atoms with van der Waals surface area (Å²) in [6, 6.07) is 7.57. The molecule has 0 aliphatic carbocycles. The van der Waals surface area contributed by atoms with Crippen LogP contribution in [-0.2, 0) is 17.3 Å². The number of rotatable bonds is 9. The molecule has 1 aromatic carbocycles. The van der Waals surface area contributed by atoms with Crippen LogP contribution >= 0.6 is 0 Å². The van der Waals surface area contributed by atoms with Crippen LogP contribution in [0.5, 0.6) is 0 Å². The Morgan fingerprint density at radius 1 is 1.14 bits per heavy atom. The minimum absolute atomic E-state index is 0.173. The van der Waals surface area contributed by atoms with Crippen molar-refractivity contribution >= 4 is 17.2 Å². The number of likely N-dealkylation sites (tertiary alicyclic amines) is 1. The zero-order chi connectivity index (χ0) is 24.4. The van der Waals surface area contributed by atoms with Crippen LogP contribution in [0.25, 0.3) is 5.52 Å². The Morgan fingerprint density at radius 3 is 2.63 bits per heavy atom. The summed E-state index contributed by atoms with van der Waals surface area (Å²) in [6.07, 6.45) is 4.09. The van der Waals surface area contributed by atoms with Crippen molar-refractivity contribution in [3.8, 4) is 0 Å². The van der Waals surface area contributed by atoms with Gasteiger partial charge in [-0.2, -0.15) is 13.9 Å². The maximum atomic E-state index is 15.3. The Morgan fingerprint density at radius 2 is 1.91 bits per heavy atom. The van der Waals surface area contributed by atoms with E-state index in [4.69, 9.17) is 4.74 Å². The van der Waals surface area contributed by atoms with Gasteiger partial charge in [0.25, 0.3) is 0 Å². The highest BCUT2D eigenvalue weighted by atomic mass is 19.3. The molecule has 8 nitrogen and oxygen atoms in total. The fourth-order valence-corrected chi connectivity index (χ4v) is 4.14. The molecule has 1 saturated heterocycles. The van der Waals surface area contributed by atoms with Gasteiger partial charge in [0.05, 0.1) is 13.2 Å². The van der Waals surface area contributed by atoms with E-state index in [-0.39, 0.29) is 5.82 Å². The molecular weight excluding hydrogens is 459 g/mol. The smallest absolute Gasteiger partial charge is 0.333 e. The van der Waals surface area contributed by atoms with Gasteiger partial charge >= 0.3 is 5.92 Å². The van der Waals surface area contributed by atoms with Crippen molar-refractivity contribution in [3.63, 3.8) is 0 Å². The van der Waals surface area contributed by atoms with E-state index in [1.807, 2.05) is 6.92 Å². The molecule has 35 heavy (non-hydrogen) atoms. The van der Waals surface area contributed by atoms with Crippen molar-refractivity contribution in [2.24, 2.45) is 0 Å². The number of aryl methyl sites for hydroxylation is 1. The Balaban J connectivity index is 1.44. The summed E-state index contributed by atoms with van der Waals surface area (Å²) < 4.78 is 51.2. The number of aromatic nitrogens is 5. The Kier molecular flexibility index (Phi) is 6.44. The average Bonchev–Trinajstić information content (AvgIpc) is 3.58. The number of halogens is 3. The summed E-state index contributed by atoms with van der Waals surface area (Å²) in [5, 5.41) is 14.0. The van der Waals surface area contributed by atoms with Crippen LogP contribution in [0.15, 0.2) is 42.6 Å². The summed E-state index contributed by atoms with van der Waals surface area (Å²) in [5.41, 5.74) is 1.68. The monoisotopic (exact) mass is 485 g/mol. The van der Waals surface area contributed by atoms with Crippen LogP contribution in [-0.4, -0.2) is 55.9 Å². The van der Waals surface area contributed by atoms with Crippen LogP contribution in [0.4, 0.5) is 24.8 Å². The lowest BCUT2D eigenvalue weighted by Gasteiger charge is -2.16. The number of alkyl halides is 2. The number of benzene rings is 1. The molecule has 1 aliphatic rings. The number of aromatic amines is 1. The van der Waals surface area contributed by atoms with Gasteiger partial charge in [0, 0.05) is 30.1 Å². The number of hydrogen-bond donors (Lipinski definition) is 2. The van der Waals surface area contributed by atoms with Crippen molar-refractivity contribution in [1.29, 1.82) is 0 Å². The van der Waals surface area contributed by atoms with Crippen molar-refractivity contribution in [2.45, 2.75) is 32.3 Å². The van der Waals surface area contributed by atoms with Crippen LogP contribution < -0.4 is 5.32 Å². The first-order valence-corrected chi connectivity index (χ1v) is 11.5. The lowest BCUT2D eigenvalue weighted by atomic mass is 10.1. The van der Waals surface area contributed by atoms with Crippen LogP contribution in [0, 0.1) is 12.7 Å². The highest BCUT2D eigenvalue weighted by molar-refractivity contribution is 5.73. The second kappa shape index (κ2) is 9.67. The highest BCUT2D eigenvalue weighted by Gasteiger charge is 2.39. The quantitative estimate of drug-likeness (QED) is 0.342. The van der Waals surface area contributed by atoms with E-state index < -0.39 is 23.1 Å². The van der Waals surface area contributed by atoms with Gasteiger partial charge in [-0.1, -0.05) is 0 Å². The number of hydrogen-bond acceptors (Lipinski definition) is 6. The first kappa shape index (κ1) is 23.3. The molecule has 0 radical (unpaired) electrons. The summed E-state index contributed by atoms with van der Waals surface area (Å²) in [5.74, 6) is -4.26. The molecule has 5 rings (SSSR count). The highest BCUT2D eigenvalue weighted by Crippen LogP contribution is 2.35. The van der Waals surface area contributed by atoms with Crippen LogP contribution in [0.1, 0.15) is 35.5 Å². The van der Waals surface area contributed by atoms with Gasteiger partial charge in [-0.3, -0.25) is 5.10 Å². The van der Waals surface area contributed by atoms with Gasteiger partial charge in [-0.15, -0.1) is 5.10 Å². The average molecular weight is 486 g/mol. The maximum absolute atomic E-state index is 15.3. The minimum atomic E-state index is -3.55. The van der Waals surface area contributed by atoms with E-state index in [0.29, 0.717) is 24.5 Å². The molecule has 4 aromatic rings. The second-order valence-electron chi connectivity index (χ2n) is 8.71. The van der Waals surface area contributed by atoms with Crippen molar-refractivity contribution in [1.82, 2.24) is 29.7 Å². The molecule has 0 unspecified atom stereocenters. The Bertz CT molecular complexity index is 1300. The van der Waals surface area contributed by atoms with Gasteiger partial charge in [0.2, 0.25) is 5.82 Å². The van der Waals surface area contributed by atoms with Gasteiger partial charge in [-0.05, 0) is 68.8 Å².